The lowest BCUT2D eigenvalue weighted by molar-refractivity contribution is 0.826. The van der Waals surface area contributed by atoms with E-state index in [0.29, 0.717) is 6.54 Å². The van der Waals surface area contributed by atoms with Crippen LogP contribution in [-0.2, 0) is 19.4 Å². The Balaban J connectivity index is 1.95. The molecule has 3 aromatic rings. The predicted octanol–water partition coefficient (Wildman–Crippen LogP) is 3.75. The Morgan fingerprint density at radius 3 is 2.38 bits per heavy atom. The Morgan fingerprint density at radius 1 is 0.952 bits per heavy atom. The first-order valence-electron chi connectivity index (χ1n) is 7.66. The van der Waals surface area contributed by atoms with E-state index in [-0.39, 0.29) is 0 Å². The number of fused-ring (bicyclic) bond motifs is 1. The molecular weight excluding hydrogens is 256 g/mol. The molecule has 2 nitrogen and oxygen atoms in total. The first kappa shape index (κ1) is 13.9. The van der Waals surface area contributed by atoms with Gasteiger partial charge in [0.25, 0.3) is 0 Å². The highest BCUT2D eigenvalue weighted by molar-refractivity contribution is 5.84. The van der Waals surface area contributed by atoms with Gasteiger partial charge in [0.05, 0.1) is 0 Å². The van der Waals surface area contributed by atoms with Crippen LogP contribution in [0.3, 0.4) is 0 Å². The quantitative estimate of drug-likeness (QED) is 0.757. The molecule has 0 atom stereocenters. The number of hydrogen-bond acceptors (Lipinski definition) is 1. The van der Waals surface area contributed by atoms with Gasteiger partial charge >= 0.3 is 0 Å². The molecule has 0 aliphatic rings. The van der Waals surface area contributed by atoms with Crippen LogP contribution in [0, 0.1) is 0 Å². The molecule has 1 heterocycles. The molecule has 0 bridgehead atoms. The van der Waals surface area contributed by atoms with Gasteiger partial charge in [-0.2, -0.15) is 0 Å². The molecule has 2 heteroatoms. The van der Waals surface area contributed by atoms with Crippen molar-refractivity contribution in [1.82, 2.24) is 4.57 Å². The number of aryl methyl sites for hydroxylation is 1. The molecule has 0 unspecified atom stereocenters. The second-order valence-electron chi connectivity index (χ2n) is 5.51. The lowest BCUT2D eigenvalue weighted by Gasteiger charge is -2.06. The number of rotatable bonds is 5. The Hall–Kier alpha value is -2.06. The van der Waals surface area contributed by atoms with Crippen molar-refractivity contribution in [2.24, 2.45) is 5.73 Å². The van der Waals surface area contributed by atoms with Crippen LogP contribution in [0.4, 0.5) is 0 Å². The molecule has 0 radical (unpaired) electrons. The topological polar surface area (TPSA) is 30.9 Å². The number of nitrogens with two attached hydrogens (primary N) is 1. The van der Waals surface area contributed by atoms with Crippen LogP contribution in [0.5, 0.6) is 0 Å². The molecule has 0 saturated heterocycles. The molecular formula is C19H22N2. The smallest absolute Gasteiger partial charge is 0.0486 e. The fourth-order valence-electron chi connectivity index (χ4n) is 2.89. The molecule has 0 fully saturated rings. The Morgan fingerprint density at radius 2 is 1.67 bits per heavy atom. The number of hydrogen-bond donors (Lipinski definition) is 1. The molecule has 0 aliphatic heterocycles. The van der Waals surface area contributed by atoms with Gasteiger partial charge in [-0.05, 0) is 42.1 Å². The zero-order valence-corrected chi connectivity index (χ0v) is 12.5. The number of aromatic nitrogens is 1. The van der Waals surface area contributed by atoms with E-state index in [1.165, 1.54) is 27.6 Å². The fourth-order valence-corrected chi connectivity index (χ4v) is 2.89. The lowest BCUT2D eigenvalue weighted by Crippen LogP contribution is -2.02. The summed E-state index contributed by atoms with van der Waals surface area (Å²) in [6.07, 6.45) is 4.28. The average molecular weight is 278 g/mol. The van der Waals surface area contributed by atoms with E-state index in [4.69, 9.17) is 5.73 Å². The van der Waals surface area contributed by atoms with Crippen molar-refractivity contribution in [3.8, 4) is 0 Å². The molecule has 0 saturated carbocycles. The number of benzene rings is 2. The van der Waals surface area contributed by atoms with Crippen LogP contribution in [0.25, 0.3) is 10.9 Å². The fraction of sp³-hybridized carbons (Fsp3) is 0.263. The normalized spacial score (nSPS) is 11.1. The van der Waals surface area contributed by atoms with Gasteiger partial charge in [-0.15, -0.1) is 0 Å². The molecule has 2 aromatic carbocycles. The van der Waals surface area contributed by atoms with E-state index < -0.39 is 0 Å². The van der Waals surface area contributed by atoms with Crippen LogP contribution >= 0.6 is 0 Å². The Labute approximate surface area is 126 Å². The van der Waals surface area contributed by atoms with E-state index >= 15 is 0 Å². The third-order valence-electron chi connectivity index (χ3n) is 4.07. The number of nitrogens with zero attached hydrogens (tertiary/aromatic N) is 1. The maximum atomic E-state index is 5.74. The zero-order chi connectivity index (χ0) is 14.7. The summed E-state index contributed by atoms with van der Waals surface area (Å²) in [5, 5.41) is 1.33. The van der Waals surface area contributed by atoms with Gasteiger partial charge in [-0.3, -0.25) is 0 Å². The van der Waals surface area contributed by atoms with Crippen LogP contribution in [-0.4, -0.2) is 11.1 Å². The SMILES string of the molecule is CCc1ccc(Cn2cc(CCN)c3ccccc32)cc1. The van der Waals surface area contributed by atoms with Crippen LogP contribution in [0.15, 0.2) is 54.7 Å². The van der Waals surface area contributed by atoms with Crippen LogP contribution < -0.4 is 5.73 Å². The van der Waals surface area contributed by atoms with Crippen molar-refractivity contribution in [3.05, 3.63) is 71.4 Å². The first-order valence-corrected chi connectivity index (χ1v) is 7.66. The summed E-state index contributed by atoms with van der Waals surface area (Å²) in [5.41, 5.74) is 11.1. The van der Waals surface area contributed by atoms with Crippen molar-refractivity contribution in [1.29, 1.82) is 0 Å². The van der Waals surface area contributed by atoms with E-state index in [2.05, 4.69) is 66.2 Å². The van der Waals surface area contributed by atoms with Gasteiger partial charge in [0.1, 0.15) is 0 Å². The summed E-state index contributed by atoms with van der Waals surface area (Å²) in [5.74, 6) is 0. The molecule has 0 aliphatic carbocycles. The summed E-state index contributed by atoms with van der Waals surface area (Å²) < 4.78 is 2.33. The van der Waals surface area contributed by atoms with Gasteiger partial charge in [0, 0.05) is 23.6 Å². The van der Waals surface area contributed by atoms with Crippen molar-refractivity contribution < 1.29 is 0 Å². The summed E-state index contributed by atoms with van der Waals surface area (Å²) in [4.78, 5) is 0. The summed E-state index contributed by atoms with van der Waals surface area (Å²) in [7, 11) is 0. The van der Waals surface area contributed by atoms with Crippen molar-refractivity contribution >= 4 is 10.9 Å². The standard InChI is InChI=1S/C19H22N2/c1-2-15-7-9-16(10-8-15)13-21-14-17(11-12-20)18-5-3-4-6-19(18)21/h3-10,14H,2,11-13,20H2,1H3. The van der Waals surface area contributed by atoms with Gasteiger partial charge in [0.15, 0.2) is 0 Å². The van der Waals surface area contributed by atoms with Crippen molar-refractivity contribution in [3.63, 3.8) is 0 Å². The molecule has 2 N–H and O–H groups in total. The first-order chi connectivity index (χ1) is 10.3. The minimum Gasteiger partial charge on any atom is -0.343 e. The highest BCUT2D eigenvalue weighted by Crippen LogP contribution is 2.22. The zero-order valence-electron chi connectivity index (χ0n) is 12.5. The highest BCUT2D eigenvalue weighted by atomic mass is 15.0. The highest BCUT2D eigenvalue weighted by Gasteiger charge is 2.07. The van der Waals surface area contributed by atoms with Gasteiger partial charge in [0.2, 0.25) is 0 Å². The van der Waals surface area contributed by atoms with Crippen LogP contribution in [0.2, 0.25) is 0 Å². The van der Waals surface area contributed by atoms with Crippen molar-refractivity contribution in [2.45, 2.75) is 26.3 Å². The molecule has 1 aromatic heterocycles. The lowest BCUT2D eigenvalue weighted by atomic mass is 10.1. The van der Waals surface area contributed by atoms with Crippen molar-refractivity contribution in [2.75, 3.05) is 6.54 Å². The maximum Gasteiger partial charge on any atom is 0.0486 e. The third kappa shape index (κ3) is 2.86. The van der Waals surface area contributed by atoms with E-state index in [1.54, 1.807) is 0 Å². The predicted molar refractivity (Wildman–Crippen MR) is 89.6 cm³/mol. The largest absolute Gasteiger partial charge is 0.343 e. The Kier molecular flexibility index (Phi) is 4.07. The molecule has 3 rings (SSSR count). The average Bonchev–Trinajstić information content (AvgIpc) is 2.87. The van der Waals surface area contributed by atoms with Gasteiger partial charge in [-0.1, -0.05) is 49.4 Å². The van der Waals surface area contributed by atoms with Gasteiger partial charge in [-0.25, -0.2) is 0 Å². The summed E-state index contributed by atoms with van der Waals surface area (Å²) in [6, 6.07) is 17.5. The minimum atomic E-state index is 0.694. The minimum absolute atomic E-state index is 0.694. The van der Waals surface area contributed by atoms with E-state index in [0.717, 1.165) is 19.4 Å². The Bertz CT molecular complexity index is 723. The molecule has 108 valence electrons. The summed E-state index contributed by atoms with van der Waals surface area (Å²) in [6.45, 7) is 3.79. The van der Waals surface area contributed by atoms with E-state index in [1.807, 2.05) is 0 Å². The van der Waals surface area contributed by atoms with Gasteiger partial charge < -0.3 is 10.3 Å². The molecule has 21 heavy (non-hydrogen) atoms. The second kappa shape index (κ2) is 6.15. The van der Waals surface area contributed by atoms with E-state index in [9.17, 15) is 0 Å². The monoisotopic (exact) mass is 278 g/mol. The van der Waals surface area contributed by atoms with Crippen LogP contribution in [0.1, 0.15) is 23.6 Å². The molecule has 0 amide bonds. The number of para-hydroxylation sites is 1. The second-order valence-corrected chi connectivity index (χ2v) is 5.51. The maximum absolute atomic E-state index is 5.74. The third-order valence-corrected chi connectivity index (χ3v) is 4.07. The molecule has 0 spiro atoms. The summed E-state index contributed by atoms with van der Waals surface area (Å²) >= 11 is 0.